The lowest BCUT2D eigenvalue weighted by atomic mass is 10.1. The van der Waals surface area contributed by atoms with Crippen molar-refractivity contribution in [1.29, 1.82) is 0 Å². The van der Waals surface area contributed by atoms with Gasteiger partial charge in [-0.3, -0.25) is 0 Å². The average molecular weight is 180 g/mol. The maximum absolute atomic E-state index is 5.69. The first kappa shape index (κ1) is 8.75. The van der Waals surface area contributed by atoms with Gasteiger partial charge in [-0.15, -0.1) is 0 Å². The molecule has 1 heterocycles. The highest BCUT2D eigenvalue weighted by molar-refractivity contribution is 5.18. The number of aryl methyl sites for hydroxylation is 1. The Morgan fingerprint density at radius 1 is 1.54 bits per heavy atom. The number of oxazole rings is 1. The normalized spacial score (nSPS) is 19.0. The largest absolute Gasteiger partial charge is 0.445 e. The second-order valence-corrected chi connectivity index (χ2v) is 4.13. The van der Waals surface area contributed by atoms with E-state index in [4.69, 9.17) is 10.2 Å². The topological polar surface area (TPSA) is 52.0 Å². The molecule has 0 aliphatic heterocycles. The van der Waals surface area contributed by atoms with Gasteiger partial charge in [0.2, 0.25) is 5.89 Å². The van der Waals surface area contributed by atoms with Crippen molar-refractivity contribution in [3.05, 3.63) is 17.3 Å². The van der Waals surface area contributed by atoms with Gasteiger partial charge in [0.1, 0.15) is 5.76 Å². The van der Waals surface area contributed by atoms with Crippen molar-refractivity contribution in [2.24, 2.45) is 5.73 Å². The summed E-state index contributed by atoms with van der Waals surface area (Å²) in [5.41, 5.74) is 6.72. The Hall–Kier alpha value is -0.830. The molecule has 2 N–H and O–H groups in total. The summed E-state index contributed by atoms with van der Waals surface area (Å²) in [7, 11) is 0. The van der Waals surface area contributed by atoms with Crippen molar-refractivity contribution in [3.63, 3.8) is 0 Å². The van der Waals surface area contributed by atoms with E-state index in [1.54, 1.807) is 0 Å². The van der Waals surface area contributed by atoms with Crippen molar-refractivity contribution < 1.29 is 4.42 Å². The number of rotatable bonds is 3. The Morgan fingerprint density at radius 2 is 2.23 bits per heavy atom. The summed E-state index contributed by atoms with van der Waals surface area (Å²) in [5.74, 6) is 1.87. The number of aromatic nitrogens is 1. The van der Waals surface area contributed by atoms with Gasteiger partial charge in [-0.1, -0.05) is 6.92 Å². The van der Waals surface area contributed by atoms with Crippen LogP contribution in [-0.4, -0.2) is 11.5 Å². The molecule has 72 valence electrons. The van der Waals surface area contributed by atoms with Gasteiger partial charge in [0, 0.05) is 11.8 Å². The Labute approximate surface area is 78.3 Å². The maximum Gasteiger partial charge on any atom is 0.200 e. The number of hydrogen-bond acceptors (Lipinski definition) is 3. The number of hydrogen-bond donors (Lipinski definition) is 1. The lowest BCUT2D eigenvalue weighted by Gasteiger charge is -1.99. The molecule has 13 heavy (non-hydrogen) atoms. The summed E-state index contributed by atoms with van der Waals surface area (Å²) in [6, 6.07) is 0. The fraction of sp³-hybridized carbons (Fsp3) is 0.700. The summed E-state index contributed by atoms with van der Waals surface area (Å²) in [6.07, 6.45) is 3.21. The van der Waals surface area contributed by atoms with E-state index in [0.717, 1.165) is 23.8 Å². The van der Waals surface area contributed by atoms with Gasteiger partial charge >= 0.3 is 0 Å². The van der Waals surface area contributed by atoms with Gasteiger partial charge in [0.15, 0.2) is 0 Å². The smallest absolute Gasteiger partial charge is 0.200 e. The standard InChI is InChI=1S/C10H16N2O/c1-7-8(3-6-11)13-9(12-7)10(2)4-5-10/h3-6,11H2,1-2H3. The molecule has 0 spiro atoms. The molecule has 2 rings (SSSR count). The van der Waals surface area contributed by atoms with Crippen LogP contribution in [0.2, 0.25) is 0 Å². The van der Waals surface area contributed by atoms with Crippen LogP contribution in [0.5, 0.6) is 0 Å². The Balaban J connectivity index is 2.24. The van der Waals surface area contributed by atoms with E-state index < -0.39 is 0 Å². The van der Waals surface area contributed by atoms with Crippen LogP contribution in [0.4, 0.5) is 0 Å². The van der Waals surface area contributed by atoms with Crippen LogP contribution >= 0.6 is 0 Å². The third-order valence-electron chi connectivity index (χ3n) is 2.78. The van der Waals surface area contributed by atoms with E-state index in [0.29, 0.717) is 6.54 Å². The van der Waals surface area contributed by atoms with Crippen LogP contribution in [0.25, 0.3) is 0 Å². The highest BCUT2D eigenvalue weighted by Crippen LogP contribution is 2.47. The quantitative estimate of drug-likeness (QED) is 0.767. The van der Waals surface area contributed by atoms with Gasteiger partial charge in [0.25, 0.3) is 0 Å². The van der Waals surface area contributed by atoms with Crippen LogP contribution in [0.1, 0.15) is 37.1 Å². The average Bonchev–Trinajstić information content (AvgIpc) is 2.72. The Morgan fingerprint density at radius 3 is 2.77 bits per heavy atom. The molecule has 3 nitrogen and oxygen atoms in total. The summed E-state index contributed by atoms with van der Waals surface area (Å²) in [6.45, 7) is 4.82. The molecule has 1 aliphatic carbocycles. The van der Waals surface area contributed by atoms with Crippen molar-refractivity contribution in [2.45, 2.75) is 38.5 Å². The minimum Gasteiger partial charge on any atom is -0.445 e. The van der Waals surface area contributed by atoms with E-state index in [9.17, 15) is 0 Å². The van der Waals surface area contributed by atoms with E-state index in [1.165, 1.54) is 12.8 Å². The van der Waals surface area contributed by atoms with Gasteiger partial charge < -0.3 is 10.2 Å². The fourth-order valence-corrected chi connectivity index (χ4v) is 1.45. The first-order valence-electron chi connectivity index (χ1n) is 4.82. The van der Waals surface area contributed by atoms with Crippen molar-refractivity contribution >= 4 is 0 Å². The highest BCUT2D eigenvalue weighted by Gasteiger charge is 2.44. The van der Waals surface area contributed by atoms with Crippen molar-refractivity contribution in [3.8, 4) is 0 Å². The van der Waals surface area contributed by atoms with Crippen molar-refractivity contribution in [1.82, 2.24) is 4.98 Å². The van der Waals surface area contributed by atoms with Gasteiger partial charge in [-0.25, -0.2) is 4.98 Å². The molecule has 1 aromatic rings. The minimum absolute atomic E-state index is 0.234. The number of nitrogens with two attached hydrogens (primary N) is 1. The fourth-order valence-electron chi connectivity index (χ4n) is 1.45. The molecular formula is C10H16N2O. The summed E-state index contributed by atoms with van der Waals surface area (Å²) in [4.78, 5) is 4.44. The molecule has 0 radical (unpaired) electrons. The first-order chi connectivity index (χ1) is 6.15. The molecule has 1 fully saturated rings. The Bertz CT molecular complexity index is 313. The lowest BCUT2D eigenvalue weighted by Crippen LogP contribution is -2.02. The van der Waals surface area contributed by atoms with Crippen LogP contribution in [0, 0.1) is 6.92 Å². The maximum atomic E-state index is 5.69. The van der Waals surface area contributed by atoms with Gasteiger partial charge in [0.05, 0.1) is 5.69 Å². The molecule has 0 unspecified atom stereocenters. The van der Waals surface area contributed by atoms with Gasteiger partial charge in [-0.2, -0.15) is 0 Å². The molecule has 1 aliphatic rings. The third-order valence-corrected chi connectivity index (χ3v) is 2.78. The molecular weight excluding hydrogens is 164 g/mol. The second kappa shape index (κ2) is 2.84. The van der Waals surface area contributed by atoms with E-state index in [2.05, 4.69) is 11.9 Å². The predicted molar refractivity (Wildman–Crippen MR) is 50.6 cm³/mol. The molecule has 0 atom stereocenters. The molecule has 0 bridgehead atoms. The monoisotopic (exact) mass is 180 g/mol. The minimum atomic E-state index is 0.234. The van der Waals surface area contributed by atoms with Crippen LogP contribution in [-0.2, 0) is 11.8 Å². The zero-order valence-electron chi connectivity index (χ0n) is 8.26. The number of nitrogens with zero attached hydrogens (tertiary/aromatic N) is 1. The van der Waals surface area contributed by atoms with E-state index in [-0.39, 0.29) is 5.41 Å². The molecule has 3 heteroatoms. The SMILES string of the molecule is Cc1nc(C2(C)CC2)oc1CCN. The Kier molecular flexibility index (Phi) is 1.91. The molecule has 1 aromatic heterocycles. The van der Waals surface area contributed by atoms with Gasteiger partial charge in [-0.05, 0) is 26.3 Å². The summed E-state index contributed by atoms with van der Waals surface area (Å²) in [5, 5.41) is 0. The highest BCUT2D eigenvalue weighted by atomic mass is 16.4. The summed E-state index contributed by atoms with van der Waals surface area (Å²) < 4.78 is 5.69. The molecule has 0 saturated heterocycles. The second-order valence-electron chi connectivity index (χ2n) is 4.13. The zero-order valence-corrected chi connectivity index (χ0v) is 8.26. The molecule has 1 saturated carbocycles. The van der Waals surface area contributed by atoms with Crippen LogP contribution < -0.4 is 5.73 Å². The van der Waals surface area contributed by atoms with Crippen LogP contribution in [0.15, 0.2) is 4.42 Å². The van der Waals surface area contributed by atoms with E-state index >= 15 is 0 Å². The lowest BCUT2D eigenvalue weighted by molar-refractivity contribution is 0.419. The third kappa shape index (κ3) is 1.48. The summed E-state index contributed by atoms with van der Waals surface area (Å²) >= 11 is 0. The zero-order chi connectivity index (χ0) is 9.47. The predicted octanol–water partition coefficient (Wildman–Crippen LogP) is 1.54. The van der Waals surface area contributed by atoms with E-state index in [1.807, 2.05) is 6.92 Å². The van der Waals surface area contributed by atoms with Crippen LogP contribution in [0.3, 0.4) is 0 Å². The molecule has 0 amide bonds. The molecule has 0 aromatic carbocycles. The first-order valence-corrected chi connectivity index (χ1v) is 4.82. The van der Waals surface area contributed by atoms with Crippen molar-refractivity contribution in [2.75, 3.05) is 6.54 Å².